The fourth-order valence-corrected chi connectivity index (χ4v) is 2.61. The van der Waals surface area contributed by atoms with E-state index in [1.54, 1.807) is 11.3 Å². The van der Waals surface area contributed by atoms with Crippen LogP contribution in [0.1, 0.15) is 30.2 Å². The van der Waals surface area contributed by atoms with Gasteiger partial charge in [-0.15, -0.1) is 6.42 Å². The van der Waals surface area contributed by atoms with Gasteiger partial charge in [-0.1, -0.05) is 25.2 Å². The Morgan fingerprint density at radius 2 is 2.27 bits per heavy atom. The van der Waals surface area contributed by atoms with Gasteiger partial charge in [0.25, 0.3) is 0 Å². The molecule has 2 aromatic heterocycles. The Morgan fingerprint density at radius 3 is 2.80 bits per heavy atom. The van der Waals surface area contributed by atoms with Gasteiger partial charge in [-0.05, 0) is 18.8 Å². The largest absolute Gasteiger partial charge is 0.213 e. The Labute approximate surface area is 93.2 Å². The number of hydrogen-bond donors (Lipinski definition) is 0. The first-order chi connectivity index (χ1) is 7.11. The minimum atomic E-state index is 0.619. The number of rotatable bonds is 2. The molecule has 0 aromatic carbocycles. The number of nitrogens with zero attached hydrogens (tertiary/aromatic N) is 3. The van der Waals surface area contributed by atoms with Crippen LogP contribution in [0.15, 0.2) is 0 Å². The lowest BCUT2D eigenvalue weighted by molar-refractivity contribution is 0.636. The molecule has 0 saturated carbocycles. The summed E-state index contributed by atoms with van der Waals surface area (Å²) in [6, 6.07) is 0. The lowest BCUT2D eigenvalue weighted by atomic mass is 10.1. The summed E-state index contributed by atoms with van der Waals surface area (Å²) in [4.78, 5) is 5.24. The molecule has 0 N–H and O–H groups in total. The van der Waals surface area contributed by atoms with Crippen molar-refractivity contribution < 1.29 is 0 Å². The van der Waals surface area contributed by atoms with Gasteiger partial charge in [-0.25, -0.2) is 9.50 Å². The molecule has 3 nitrogen and oxygen atoms in total. The molecule has 0 amide bonds. The average Bonchev–Trinajstić information content (AvgIpc) is 2.65. The topological polar surface area (TPSA) is 30.2 Å². The first kappa shape index (κ1) is 10.2. The second-order valence-corrected chi connectivity index (χ2v) is 5.02. The van der Waals surface area contributed by atoms with Crippen LogP contribution in [0.3, 0.4) is 0 Å². The monoisotopic (exact) mass is 219 g/mol. The molecule has 0 saturated heterocycles. The van der Waals surface area contributed by atoms with Crippen molar-refractivity contribution in [3.05, 3.63) is 16.4 Å². The summed E-state index contributed by atoms with van der Waals surface area (Å²) in [7, 11) is 0. The van der Waals surface area contributed by atoms with E-state index >= 15 is 0 Å². The van der Waals surface area contributed by atoms with Crippen LogP contribution in [0.4, 0.5) is 0 Å². The molecule has 15 heavy (non-hydrogen) atoms. The molecule has 78 valence electrons. The van der Waals surface area contributed by atoms with Gasteiger partial charge in [0.1, 0.15) is 10.7 Å². The van der Waals surface area contributed by atoms with Crippen LogP contribution >= 0.6 is 11.3 Å². The normalized spacial score (nSPS) is 11.1. The summed E-state index contributed by atoms with van der Waals surface area (Å²) in [5.41, 5.74) is 1.66. The molecule has 2 heterocycles. The maximum atomic E-state index is 5.34. The first-order valence-electron chi connectivity index (χ1n) is 4.93. The maximum absolute atomic E-state index is 5.34. The molecule has 0 aliphatic carbocycles. The second-order valence-electron chi connectivity index (χ2n) is 3.98. The van der Waals surface area contributed by atoms with Crippen molar-refractivity contribution in [1.82, 2.24) is 14.6 Å². The highest BCUT2D eigenvalue weighted by atomic mass is 32.1. The SMILES string of the molecule is C#Cc1nc2sc(CC(C)C)nn2c1C. The molecule has 0 fully saturated rings. The molecular formula is C11H13N3S. The summed E-state index contributed by atoms with van der Waals surface area (Å²) in [6.45, 7) is 6.32. The highest BCUT2D eigenvalue weighted by Gasteiger charge is 2.12. The van der Waals surface area contributed by atoms with Gasteiger partial charge in [0, 0.05) is 6.42 Å². The third-order valence-electron chi connectivity index (χ3n) is 2.19. The number of imidazole rings is 1. The highest BCUT2D eigenvalue weighted by Crippen LogP contribution is 2.19. The quantitative estimate of drug-likeness (QED) is 0.725. The van der Waals surface area contributed by atoms with Crippen molar-refractivity contribution >= 4 is 16.3 Å². The van der Waals surface area contributed by atoms with Gasteiger partial charge in [-0.3, -0.25) is 0 Å². The molecule has 0 atom stereocenters. The van der Waals surface area contributed by atoms with Crippen LogP contribution in [0, 0.1) is 25.2 Å². The summed E-state index contributed by atoms with van der Waals surface area (Å²) >= 11 is 1.62. The zero-order valence-corrected chi connectivity index (χ0v) is 9.93. The van der Waals surface area contributed by atoms with Gasteiger partial charge < -0.3 is 0 Å². The molecule has 0 unspecified atom stereocenters. The van der Waals surface area contributed by atoms with E-state index in [4.69, 9.17) is 6.42 Å². The van der Waals surface area contributed by atoms with Crippen LogP contribution in [-0.4, -0.2) is 14.6 Å². The van der Waals surface area contributed by atoms with E-state index in [2.05, 4.69) is 29.9 Å². The van der Waals surface area contributed by atoms with E-state index in [9.17, 15) is 0 Å². The zero-order chi connectivity index (χ0) is 11.0. The van der Waals surface area contributed by atoms with Crippen molar-refractivity contribution in [2.45, 2.75) is 27.2 Å². The van der Waals surface area contributed by atoms with Crippen molar-refractivity contribution in [3.8, 4) is 12.3 Å². The van der Waals surface area contributed by atoms with E-state index in [0.717, 1.165) is 22.1 Å². The lowest BCUT2D eigenvalue weighted by Gasteiger charge is -1.97. The van der Waals surface area contributed by atoms with Crippen LogP contribution in [0.5, 0.6) is 0 Å². The molecule has 0 radical (unpaired) electrons. The van der Waals surface area contributed by atoms with E-state index in [-0.39, 0.29) is 0 Å². The highest BCUT2D eigenvalue weighted by molar-refractivity contribution is 7.16. The average molecular weight is 219 g/mol. The first-order valence-corrected chi connectivity index (χ1v) is 5.75. The summed E-state index contributed by atoms with van der Waals surface area (Å²) in [5, 5.41) is 5.62. The van der Waals surface area contributed by atoms with E-state index in [1.807, 2.05) is 11.4 Å². The van der Waals surface area contributed by atoms with Crippen LogP contribution in [-0.2, 0) is 6.42 Å². The number of hydrogen-bond acceptors (Lipinski definition) is 3. The fraction of sp³-hybridized carbons (Fsp3) is 0.455. The Morgan fingerprint density at radius 1 is 1.53 bits per heavy atom. The Kier molecular flexibility index (Phi) is 2.49. The molecule has 0 bridgehead atoms. The summed E-state index contributed by atoms with van der Waals surface area (Å²) < 4.78 is 1.84. The third kappa shape index (κ3) is 1.75. The summed E-state index contributed by atoms with van der Waals surface area (Å²) in [6.07, 6.45) is 6.34. The number of aromatic nitrogens is 3. The molecule has 0 aliphatic rings. The van der Waals surface area contributed by atoms with E-state index < -0.39 is 0 Å². The summed E-state index contributed by atoms with van der Waals surface area (Å²) in [5.74, 6) is 3.18. The number of fused-ring (bicyclic) bond motifs is 1. The molecular weight excluding hydrogens is 206 g/mol. The van der Waals surface area contributed by atoms with Crippen LogP contribution in [0.25, 0.3) is 4.96 Å². The van der Waals surface area contributed by atoms with E-state index in [1.165, 1.54) is 0 Å². The lowest BCUT2D eigenvalue weighted by Crippen LogP contribution is -1.96. The molecule has 0 spiro atoms. The molecule has 0 aliphatic heterocycles. The third-order valence-corrected chi connectivity index (χ3v) is 3.12. The van der Waals surface area contributed by atoms with Gasteiger partial charge >= 0.3 is 0 Å². The Balaban J connectivity index is 2.46. The second kappa shape index (κ2) is 3.67. The van der Waals surface area contributed by atoms with Crippen molar-refractivity contribution in [1.29, 1.82) is 0 Å². The van der Waals surface area contributed by atoms with Crippen LogP contribution < -0.4 is 0 Å². The van der Waals surface area contributed by atoms with E-state index in [0.29, 0.717) is 11.6 Å². The zero-order valence-electron chi connectivity index (χ0n) is 9.11. The predicted molar refractivity (Wildman–Crippen MR) is 62.1 cm³/mol. The van der Waals surface area contributed by atoms with Gasteiger partial charge in [0.05, 0.1) is 5.69 Å². The molecule has 2 rings (SSSR count). The Hall–Kier alpha value is -1.34. The number of aryl methyl sites for hydroxylation is 1. The van der Waals surface area contributed by atoms with Crippen molar-refractivity contribution in [3.63, 3.8) is 0 Å². The molecule has 4 heteroatoms. The van der Waals surface area contributed by atoms with Crippen molar-refractivity contribution in [2.24, 2.45) is 5.92 Å². The minimum absolute atomic E-state index is 0.619. The smallest absolute Gasteiger partial charge is 0.208 e. The fourth-order valence-electron chi connectivity index (χ4n) is 1.46. The van der Waals surface area contributed by atoms with Crippen LogP contribution in [0.2, 0.25) is 0 Å². The number of terminal acetylenes is 1. The molecule has 2 aromatic rings. The maximum Gasteiger partial charge on any atom is 0.213 e. The van der Waals surface area contributed by atoms with Crippen molar-refractivity contribution in [2.75, 3.05) is 0 Å². The van der Waals surface area contributed by atoms with Gasteiger partial charge in [0.15, 0.2) is 0 Å². The van der Waals surface area contributed by atoms with Gasteiger partial charge in [-0.2, -0.15) is 5.10 Å². The van der Waals surface area contributed by atoms with Gasteiger partial charge in [0.2, 0.25) is 4.96 Å². The minimum Gasteiger partial charge on any atom is -0.208 e. The Bertz CT molecular complexity index is 528. The predicted octanol–water partition coefficient (Wildman–Crippen LogP) is 2.28. The standard InChI is InChI=1S/C11H13N3S/c1-5-9-8(4)14-11(12-9)15-10(13-14)6-7(2)3/h1,7H,6H2,2-4H3.